The predicted octanol–water partition coefficient (Wildman–Crippen LogP) is 1.52. The predicted molar refractivity (Wildman–Crippen MR) is 64.7 cm³/mol. The van der Waals surface area contributed by atoms with Crippen LogP contribution in [0.5, 0.6) is 5.75 Å². The van der Waals surface area contributed by atoms with E-state index in [1.807, 2.05) is 38.1 Å². The van der Waals surface area contributed by atoms with Crippen molar-refractivity contribution in [1.29, 1.82) is 0 Å². The highest BCUT2D eigenvalue weighted by atomic mass is 16.5. The zero-order valence-corrected chi connectivity index (χ0v) is 9.93. The first-order valence-corrected chi connectivity index (χ1v) is 5.65. The SMILES string of the molecule is CCOc1ccc(-n2[nH]c(=O)nc2CC)cc1. The van der Waals surface area contributed by atoms with E-state index in [2.05, 4.69) is 10.1 Å². The lowest BCUT2D eigenvalue weighted by Crippen LogP contribution is -2.05. The standard InChI is InChI=1S/C12H15N3O2/c1-3-11-13-12(16)14-15(11)9-5-7-10(8-6-9)17-4-2/h5-8H,3-4H2,1-2H3,(H,14,16). The van der Waals surface area contributed by atoms with Gasteiger partial charge in [0, 0.05) is 6.42 Å². The van der Waals surface area contributed by atoms with Gasteiger partial charge in [-0.1, -0.05) is 6.92 Å². The quantitative estimate of drug-likeness (QED) is 0.871. The van der Waals surface area contributed by atoms with E-state index in [0.717, 1.165) is 17.3 Å². The summed E-state index contributed by atoms with van der Waals surface area (Å²) in [4.78, 5) is 15.1. The molecule has 0 aliphatic heterocycles. The van der Waals surface area contributed by atoms with E-state index in [-0.39, 0.29) is 5.69 Å². The summed E-state index contributed by atoms with van der Waals surface area (Å²) in [6, 6.07) is 7.52. The first kappa shape index (κ1) is 11.4. The van der Waals surface area contributed by atoms with Crippen LogP contribution in [0.3, 0.4) is 0 Å². The molecule has 90 valence electrons. The van der Waals surface area contributed by atoms with Crippen LogP contribution in [0.4, 0.5) is 0 Å². The third kappa shape index (κ3) is 2.38. The molecule has 0 amide bonds. The van der Waals surface area contributed by atoms with Gasteiger partial charge in [-0.2, -0.15) is 4.98 Å². The van der Waals surface area contributed by atoms with Gasteiger partial charge < -0.3 is 4.74 Å². The summed E-state index contributed by atoms with van der Waals surface area (Å²) in [5, 5.41) is 2.67. The molecule has 0 bridgehead atoms. The fourth-order valence-electron chi connectivity index (χ4n) is 1.66. The molecule has 0 unspecified atom stereocenters. The highest BCUT2D eigenvalue weighted by Gasteiger charge is 2.06. The normalized spacial score (nSPS) is 10.5. The summed E-state index contributed by atoms with van der Waals surface area (Å²) in [6.07, 6.45) is 0.700. The Bertz CT molecular complexity index is 540. The zero-order chi connectivity index (χ0) is 12.3. The van der Waals surface area contributed by atoms with Crippen molar-refractivity contribution in [3.05, 3.63) is 40.6 Å². The number of aromatic amines is 1. The number of aromatic nitrogens is 3. The molecule has 0 fully saturated rings. The summed E-state index contributed by atoms with van der Waals surface area (Å²) in [7, 11) is 0. The number of H-pyrrole nitrogens is 1. The maximum Gasteiger partial charge on any atom is 0.361 e. The largest absolute Gasteiger partial charge is 0.494 e. The molecule has 0 radical (unpaired) electrons. The van der Waals surface area contributed by atoms with E-state index >= 15 is 0 Å². The minimum atomic E-state index is -0.323. The number of hydrogen-bond acceptors (Lipinski definition) is 3. The van der Waals surface area contributed by atoms with Crippen LogP contribution in [-0.4, -0.2) is 21.4 Å². The van der Waals surface area contributed by atoms with E-state index in [1.165, 1.54) is 0 Å². The molecular weight excluding hydrogens is 218 g/mol. The lowest BCUT2D eigenvalue weighted by atomic mass is 10.3. The number of aryl methyl sites for hydroxylation is 1. The molecule has 0 aliphatic rings. The number of benzene rings is 1. The number of rotatable bonds is 4. The van der Waals surface area contributed by atoms with Crippen LogP contribution < -0.4 is 10.4 Å². The molecule has 17 heavy (non-hydrogen) atoms. The monoisotopic (exact) mass is 233 g/mol. The topological polar surface area (TPSA) is 59.9 Å². The Morgan fingerprint density at radius 1 is 1.29 bits per heavy atom. The van der Waals surface area contributed by atoms with Gasteiger partial charge in [0.2, 0.25) is 0 Å². The molecule has 5 nitrogen and oxygen atoms in total. The Hall–Kier alpha value is -2.04. The molecule has 0 spiro atoms. The fraction of sp³-hybridized carbons (Fsp3) is 0.333. The first-order chi connectivity index (χ1) is 8.24. The molecule has 1 aromatic carbocycles. The third-order valence-electron chi connectivity index (χ3n) is 2.42. The van der Waals surface area contributed by atoms with Crippen LogP contribution in [0.2, 0.25) is 0 Å². The minimum absolute atomic E-state index is 0.323. The van der Waals surface area contributed by atoms with Crippen LogP contribution in [0.15, 0.2) is 29.1 Å². The summed E-state index contributed by atoms with van der Waals surface area (Å²) >= 11 is 0. The Morgan fingerprint density at radius 3 is 2.59 bits per heavy atom. The maximum atomic E-state index is 11.2. The molecule has 0 saturated heterocycles. The van der Waals surface area contributed by atoms with Crippen molar-refractivity contribution in [2.24, 2.45) is 0 Å². The van der Waals surface area contributed by atoms with Crippen molar-refractivity contribution in [3.63, 3.8) is 0 Å². The molecule has 5 heteroatoms. The first-order valence-electron chi connectivity index (χ1n) is 5.65. The van der Waals surface area contributed by atoms with Crippen molar-refractivity contribution < 1.29 is 4.74 Å². The van der Waals surface area contributed by atoms with E-state index < -0.39 is 0 Å². The molecule has 0 saturated carbocycles. The molecular formula is C12H15N3O2. The number of hydrogen-bond donors (Lipinski definition) is 1. The molecule has 0 aliphatic carbocycles. The average molecular weight is 233 g/mol. The van der Waals surface area contributed by atoms with Crippen molar-refractivity contribution in [2.75, 3.05) is 6.61 Å². The van der Waals surface area contributed by atoms with Crippen molar-refractivity contribution in [1.82, 2.24) is 14.8 Å². The molecule has 1 N–H and O–H groups in total. The van der Waals surface area contributed by atoms with E-state index in [1.54, 1.807) is 4.68 Å². The van der Waals surface area contributed by atoms with Gasteiger partial charge in [-0.05, 0) is 31.2 Å². The third-order valence-corrected chi connectivity index (χ3v) is 2.42. The van der Waals surface area contributed by atoms with Gasteiger partial charge >= 0.3 is 5.69 Å². The second-order valence-corrected chi connectivity index (χ2v) is 3.56. The van der Waals surface area contributed by atoms with Crippen LogP contribution in [-0.2, 0) is 6.42 Å². The number of nitrogens with zero attached hydrogens (tertiary/aromatic N) is 2. The van der Waals surface area contributed by atoms with Crippen LogP contribution in [0.1, 0.15) is 19.7 Å². The molecule has 0 atom stereocenters. The second-order valence-electron chi connectivity index (χ2n) is 3.56. The van der Waals surface area contributed by atoms with Crippen molar-refractivity contribution in [2.45, 2.75) is 20.3 Å². The molecule has 1 heterocycles. The van der Waals surface area contributed by atoms with Crippen molar-refractivity contribution >= 4 is 0 Å². The van der Waals surface area contributed by atoms with E-state index in [4.69, 9.17) is 4.74 Å². The number of ether oxygens (including phenoxy) is 1. The molecule has 2 aromatic rings. The Balaban J connectivity index is 2.35. The van der Waals surface area contributed by atoms with Gasteiger partial charge in [0.1, 0.15) is 11.6 Å². The Labute approximate surface area is 99.1 Å². The van der Waals surface area contributed by atoms with Gasteiger partial charge in [0.15, 0.2) is 0 Å². The summed E-state index contributed by atoms with van der Waals surface area (Å²) in [6.45, 7) is 4.54. The van der Waals surface area contributed by atoms with Gasteiger partial charge in [-0.25, -0.2) is 14.6 Å². The highest BCUT2D eigenvalue weighted by Crippen LogP contribution is 2.15. The molecule has 2 rings (SSSR count). The van der Waals surface area contributed by atoms with Gasteiger partial charge in [-0.15, -0.1) is 0 Å². The zero-order valence-electron chi connectivity index (χ0n) is 9.93. The second kappa shape index (κ2) is 4.86. The van der Waals surface area contributed by atoms with Crippen LogP contribution in [0, 0.1) is 0 Å². The van der Waals surface area contributed by atoms with Gasteiger partial charge in [-0.3, -0.25) is 0 Å². The summed E-state index contributed by atoms with van der Waals surface area (Å²) in [5.74, 6) is 1.54. The van der Waals surface area contributed by atoms with Gasteiger partial charge in [0.25, 0.3) is 0 Å². The fourth-order valence-corrected chi connectivity index (χ4v) is 1.66. The van der Waals surface area contributed by atoms with Crippen LogP contribution >= 0.6 is 0 Å². The smallest absolute Gasteiger partial charge is 0.361 e. The Kier molecular flexibility index (Phi) is 3.27. The highest BCUT2D eigenvalue weighted by molar-refractivity contribution is 5.37. The van der Waals surface area contributed by atoms with Crippen LogP contribution in [0.25, 0.3) is 5.69 Å². The average Bonchev–Trinajstić information content (AvgIpc) is 2.72. The minimum Gasteiger partial charge on any atom is -0.494 e. The van der Waals surface area contributed by atoms with E-state index in [9.17, 15) is 4.79 Å². The molecule has 1 aromatic heterocycles. The maximum absolute atomic E-state index is 11.2. The summed E-state index contributed by atoms with van der Waals surface area (Å²) < 4.78 is 7.05. The van der Waals surface area contributed by atoms with Crippen molar-refractivity contribution in [3.8, 4) is 11.4 Å². The number of nitrogens with one attached hydrogen (secondary N) is 1. The lowest BCUT2D eigenvalue weighted by Gasteiger charge is -2.07. The summed E-state index contributed by atoms with van der Waals surface area (Å²) in [5.41, 5.74) is 0.552. The lowest BCUT2D eigenvalue weighted by molar-refractivity contribution is 0.340. The van der Waals surface area contributed by atoms with Gasteiger partial charge in [0.05, 0.1) is 12.3 Å². The van der Waals surface area contributed by atoms with E-state index in [0.29, 0.717) is 13.0 Å². The Morgan fingerprint density at radius 2 is 2.00 bits per heavy atom.